The Kier molecular flexibility index (Phi) is 3.02. The maximum Gasteiger partial charge on any atom is 0.337 e. The molecule has 1 aromatic rings. The predicted octanol–water partition coefficient (Wildman–Crippen LogP) is 2.58. The summed E-state index contributed by atoms with van der Waals surface area (Å²) in [4.78, 5) is 10.7. The van der Waals surface area contributed by atoms with Gasteiger partial charge in [-0.1, -0.05) is 42.5 Å². The van der Waals surface area contributed by atoms with Gasteiger partial charge in [-0.05, 0) is 12.1 Å². The van der Waals surface area contributed by atoms with E-state index in [1.54, 1.807) is 12.1 Å². The van der Waals surface area contributed by atoms with E-state index in [1.165, 1.54) is 5.19 Å². The fourth-order valence-corrected chi connectivity index (χ4v) is 2.67. The third-order valence-corrected chi connectivity index (χ3v) is 4.42. The zero-order chi connectivity index (χ0) is 10.9. The van der Waals surface area contributed by atoms with Crippen LogP contribution in [0.2, 0.25) is 24.7 Å². The molecule has 0 radical (unpaired) electrons. The SMILES string of the molecule is C[Si](C)(C)c1ccc(C(=O)O)c(Cl)c1. The molecule has 2 nitrogen and oxygen atoms in total. The Labute approximate surface area is 89.5 Å². The van der Waals surface area contributed by atoms with Gasteiger partial charge in [0.1, 0.15) is 0 Å². The Balaban J connectivity index is 3.20. The third kappa shape index (κ3) is 2.36. The largest absolute Gasteiger partial charge is 0.478 e. The summed E-state index contributed by atoms with van der Waals surface area (Å²) in [6, 6.07) is 5.22. The molecule has 0 aromatic heterocycles. The molecule has 0 saturated carbocycles. The zero-order valence-corrected chi connectivity index (χ0v) is 10.2. The molecular weight excluding hydrogens is 216 g/mol. The molecule has 0 fully saturated rings. The zero-order valence-electron chi connectivity index (χ0n) is 8.47. The molecule has 0 bridgehead atoms. The molecule has 1 N–H and O–H groups in total. The van der Waals surface area contributed by atoms with Gasteiger partial charge in [0.25, 0.3) is 0 Å². The fourth-order valence-electron chi connectivity index (χ4n) is 1.16. The summed E-state index contributed by atoms with van der Waals surface area (Å²) in [6.45, 7) is 6.58. The van der Waals surface area contributed by atoms with Crippen molar-refractivity contribution in [3.63, 3.8) is 0 Å². The van der Waals surface area contributed by atoms with Crippen molar-refractivity contribution in [3.05, 3.63) is 28.8 Å². The van der Waals surface area contributed by atoms with Crippen molar-refractivity contribution < 1.29 is 9.90 Å². The molecule has 1 rings (SSSR count). The molecule has 0 unspecified atom stereocenters. The first kappa shape index (κ1) is 11.3. The lowest BCUT2D eigenvalue weighted by molar-refractivity contribution is 0.0697. The van der Waals surface area contributed by atoms with Crippen LogP contribution in [0.4, 0.5) is 0 Å². The number of benzene rings is 1. The standard InChI is InChI=1S/C10H13ClO2Si/c1-14(2,3)7-4-5-8(10(12)13)9(11)6-7/h4-6H,1-3H3,(H,12,13). The van der Waals surface area contributed by atoms with Crippen LogP contribution in [0.25, 0.3) is 0 Å². The second kappa shape index (κ2) is 3.75. The van der Waals surface area contributed by atoms with Gasteiger partial charge in [-0.25, -0.2) is 4.79 Å². The minimum atomic E-state index is -1.40. The lowest BCUT2D eigenvalue weighted by Crippen LogP contribution is -2.37. The summed E-state index contributed by atoms with van der Waals surface area (Å²) < 4.78 is 0. The fraction of sp³-hybridized carbons (Fsp3) is 0.300. The molecule has 0 aliphatic carbocycles. The second-order valence-electron chi connectivity index (χ2n) is 4.25. The summed E-state index contributed by atoms with van der Waals surface area (Å²) in [5.74, 6) is -0.975. The van der Waals surface area contributed by atoms with Gasteiger partial charge in [0.15, 0.2) is 0 Å². The molecule has 14 heavy (non-hydrogen) atoms. The highest BCUT2D eigenvalue weighted by Crippen LogP contribution is 2.15. The van der Waals surface area contributed by atoms with Crippen LogP contribution in [0.5, 0.6) is 0 Å². The van der Waals surface area contributed by atoms with Gasteiger partial charge < -0.3 is 5.11 Å². The normalized spacial score (nSPS) is 11.4. The van der Waals surface area contributed by atoms with E-state index in [4.69, 9.17) is 16.7 Å². The van der Waals surface area contributed by atoms with E-state index >= 15 is 0 Å². The van der Waals surface area contributed by atoms with Gasteiger partial charge in [0.2, 0.25) is 0 Å². The smallest absolute Gasteiger partial charge is 0.337 e. The molecule has 0 spiro atoms. The molecule has 0 atom stereocenters. The van der Waals surface area contributed by atoms with E-state index in [-0.39, 0.29) is 5.56 Å². The lowest BCUT2D eigenvalue weighted by Gasteiger charge is -2.17. The second-order valence-corrected chi connectivity index (χ2v) is 9.73. The number of carboxylic acids is 1. The highest BCUT2D eigenvalue weighted by Gasteiger charge is 2.18. The maximum atomic E-state index is 10.7. The van der Waals surface area contributed by atoms with Crippen molar-refractivity contribution in [2.24, 2.45) is 0 Å². The van der Waals surface area contributed by atoms with E-state index < -0.39 is 14.0 Å². The summed E-state index contributed by atoms with van der Waals surface area (Å²) >= 11 is 5.87. The van der Waals surface area contributed by atoms with Crippen molar-refractivity contribution in [3.8, 4) is 0 Å². The molecule has 0 heterocycles. The monoisotopic (exact) mass is 228 g/mol. The molecule has 1 aromatic carbocycles. The molecule has 4 heteroatoms. The van der Waals surface area contributed by atoms with Crippen molar-refractivity contribution in [1.29, 1.82) is 0 Å². The van der Waals surface area contributed by atoms with Gasteiger partial charge >= 0.3 is 5.97 Å². The average molecular weight is 229 g/mol. The van der Waals surface area contributed by atoms with Crippen LogP contribution >= 0.6 is 11.6 Å². The Morgan fingerprint density at radius 2 is 1.93 bits per heavy atom. The van der Waals surface area contributed by atoms with Crippen molar-refractivity contribution >= 4 is 30.8 Å². The quantitative estimate of drug-likeness (QED) is 0.791. The summed E-state index contributed by atoms with van der Waals surface area (Å²) in [7, 11) is -1.40. The average Bonchev–Trinajstić information content (AvgIpc) is 2.01. The predicted molar refractivity (Wildman–Crippen MR) is 61.4 cm³/mol. The first-order chi connectivity index (χ1) is 6.32. The number of hydrogen-bond donors (Lipinski definition) is 1. The van der Waals surface area contributed by atoms with Crippen molar-refractivity contribution in [2.45, 2.75) is 19.6 Å². The number of aromatic carboxylic acids is 1. The van der Waals surface area contributed by atoms with E-state index in [0.29, 0.717) is 5.02 Å². The van der Waals surface area contributed by atoms with Gasteiger partial charge in [-0.15, -0.1) is 0 Å². The van der Waals surface area contributed by atoms with Crippen molar-refractivity contribution in [1.82, 2.24) is 0 Å². The maximum absolute atomic E-state index is 10.7. The Hall–Kier alpha value is -0.803. The van der Waals surface area contributed by atoms with Gasteiger partial charge in [-0.2, -0.15) is 0 Å². The number of carboxylic acid groups (broad SMARTS) is 1. The van der Waals surface area contributed by atoms with Crippen LogP contribution < -0.4 is 5.19 Å². The van der Waals surface area contributed by atoms with Crippen molar-refractivity contribution in [2.75, 3.05) is 0 Å². The Morgan fingerprint density at radius 1 is 1.36 bits per heavy atom. The van der Waals surface area contributed by atoms with Crippen LogP contribution in [0, 0.1) is 0 Å². The van der Waals surface area contributed by atoms with Gasteiger partial charge in [0.05, 0.1) is 18.7 Å². The third-order valence-electron chi connectivity index (χ3n) is 2.07. The van der Waals surface area contributed by atoms with Gasteiger partial charge in [0, 0.05) is 0 Å². The highest BCUT2D eigenvalue weighted by atomic mass is 35.5. The van der Waals surface area contributed by atoms with E-state index in [9.17, 15) is 4.79 Å². The topological polar surface area (TPSA) is 37.3 Å². The lowest BCUT2D eigenvalue weighted by atomic mass is 10.2. The number of rotatable bonds is 2. The number of hydrogen-bond acceptors (Lipinski definition) is 1. The van der Waals surface area contributed by atoms with Crippen LogP contribution in [0.3, 0.4) is 0 Å². The van der Waals surface area contributed by atoms with Crippen LogP contribution in [-0.2, 0) is 0 Å². The summed E-state index contributed by atoms with van der Waals surface area (Å²) in [5, 5.41) is 10.3. The minimum Gasteiger partial charge on any atom is -0.478 e. The molecule has 76 valence electrons. The van der Waals surface area contributed by atoms with Gasteiger partial charge in [-0.3, -0.25) is 0 Å². The van der Waals surface area contributed by atoms with Crippen LogP contribution in [0.1, 0.15) is 10.4 Å². The highest BCUT2D eigenvalue weighted by molar-refractivity contribution is 6.88. The molecular formula is C10H13ClO2Si. The van der Waals surface area contributed by atoms with E-state index in [0.717, 1.165) is 0 Å². The molecule has 0 aliphatic heterocycles. The van der Waals surface area contributed by atoms with E-state index in [2.05, 4.69) is 19.6 Å². The first-order valence-electron chi connectivity index (χ1n) is 4.35. The molecule has 0 saturated heterocycles. The summed E-state index contributed by atoms with van der Waals surface area (Å²) in [6.07, 6.45) is 0. The van der Waals surface area contributed by atoms with Crippen LogP contribution in [0.15, 0.2) is 18.2 Å². The number of carbonyl (C=O) groups is 1. The number of halogens is 1. The summed E-state index contributed by atoms with van der Waals surface area (Å²) in [5.41, 5.74) is 0.175. The Morgan fingerprint density at radius 3 is 2.29 bits per heavy atom. The molecule has 0 aliphatic rings. The minimum absolute atomic E-state index is 0.175. The molecule has 0 amide bonds. The Bertz CT molecular complexity index is 369. The van der Waals surface area contributed by atoms with Crippen LogP contribution in [-0.4, -0.2) is 19.1 Å². The first-order valence-corrected chi connectivity index (χ1v) is 8.23. The van der Waals surface area contributed by atoms with E-state index in [1.807, 2.05) is 6.07 Å².